The molecule has 11 heavy (non-hydrogen) atoms. The molecule has 0 spiro atoms. The van der Waals surface area contributed by atoms with Crippen molar-refractivity contribution in [1.29, 1.82) is 0 Å². The number of hydrogen-bond acceptors (Lipinski definition) is 2. The van der Waals surface area contributed by atoms with Crippen molar-refractivity contribution in [2.24, 2.45) is 5.92 Å². The Morgan fingerprint density at radius 1 is 1.64 bits per heavy atom. The van der Waals surface area contributed by atoms with Crippen LogP contribution in [0.3, 0.4) is 0 Å². The Bertz CT molecular complexity index is 98.3. The van der Waals surface area contributed by atoms with Crippen LogP contribution in [0.4, 0.5) is 0 Å². The summed E-state index contributed by atoms with van der Waals surface area (Å²) in [5.74, 6) is 1.49. The molecule has 3 heteroatoms. The van der Waals surface area contributed by atoms with E-state index >= 15 is 0 Å². The van der Waals surface area contributed by atoms with E-state index in [9.17, 15) is 0 Å². The van der Waals surface area contributed by atoms with Gasteiger partial charge in [0.05, 0.1) is 6.61 Å². The fourth-order valence-electron chi connectivity index (χ4n) is 1.61. The predicted molar refractivity (Wildman–Crippen MR) is 47.1 cm³/mol. The molecule has 1 fully saturated rings. The molecule has 1 heterocycles. The van der Waals surface area contributed by atoms with Crippen molar-refractivity contribution in [3.05, 3.63) is 0 Å². The van der Waals surface area contributed by atoms with Gasteiger partial charge in [0.1, 0.15) is 0 Å². The van der Waals surface area contributed by atoms with E-state index in [1.54, 1.807) is 7.11 Å². The number of methoxy groups -OCH3 is 1. The minimum absolute atomic E-state index is 0.739. The largest absolute Gasteiger partial charge is 0.384 e. The number of halogens is 1. The number of alkyl halides is 1. The van der Waals surface area contributed by atoms with Gasteiger partial charge in [-0.3, -0.25) is 0 Å². The molecular weight excluding hydrogens is 162 g/mol. The maximum atomic E-state index is 5.63. The molecule has 0 radical (unpaired) electrons. The lowest BCUT2D eigenvalue weighted by molar-refractivity contribution is 0.154. The predicted octanol–water partition coefficient (Wildman–Crippen LogP) is 1.19. The summed E-state index contributed by atoms with van der Waals surface area (Å²) in [6, 6.07) is 0. The lowest BCUT2D eigenvalue weighted by Crippen LogP contribution is -2.23. The Morgan fingerprint density at radius 3 is 3.09 bits per heavy atom. The minimum atomic E-state index is 0.739. The Labute approximate surface area is 73.5 Å². The molecule has 0 aromatic rings. The summed E-state index contributed by atoms with van der Waals surface area (Å²) in [7, 11) is 1.77. The van der Waals surface area contributed by atoms with Crippen LogP contribution in [0.15, 0.2) is 0 Å². The minimum Gasteiger partial charge on any atom is -0.384 e. The maximum absolute atomic E-state index is 5.63. The normalized spacial score (nSPS) is 26.2. The van der Waals surface area contributed by atoms with Gasteiger partial charge in [-0.25, -0.2) is 0 Å². The van der Waals surface area contributed by atoms with Crippen LogP contribution in [-0.2, 0) is 4.74 Å². The molecular formula is C8H16ClNO. The smallest absolute Gasteiger partial charge is 0.0503 e. The third-order valence-electron chi connectivity index (χ3n) is 2.17. The number of ether oxygens (including phenoxy) is 1. The first kappa shape index (κ1) is 9.30. The Balaban J connectivity index is 2.12. The first-order valence-corrected chi connectivity index (χ1v) is 4.67. The van der Waals surface area contributed by atoms with Crippen LogP contribution in [0.25, 0.3) is 0 Å². The maximum Gasteiger partial charge on any atom is 0.0503 e. The first-order valence-electron chi connectivity index (χ1n) is 4.14. The van der Waals surface area contributed by atoms with Gasteiger partial charge in [-0.05, 0) is 18.9 Å². The van der Waals surface area contributed by atoms with Crippen molar-refractivity contribution in [2.75, 3.05) is 39.2 Å². The van der Waals surface area contributed by atoms with E-state index in [0.29, 0.717) is 0 Å². The fraction of sp³-hybridized carbons (Fsp3) is 1.00. The Kier molecular flexibility index (Phi) is 4.20. The van der Waals surface area contributed by atoms with Crippen molar-refractivity contribution in [3.8, 4) is 0 Å². The van der Waals surface area contributed by atoms with Gasteiger partial charge in [0.25, 0.3) is 0 Å². The summed E-state index contributed by atoms with van der Waals surface area (Å²) >= 11 is 5.63. The van der Waals surface area contributed by atoms with E-state index in [1.807, 2.05) is 0 Å². The third kappa shape index (κ3) is 2.97. The topological polar surface area (TPSA) is 12.5 Å². The molecule has 0 saturated carbocycles. The quantitative estimate of drug-likeness (QED) is 0.599. The second kappa shape index (κ2) is 4.96. The Hall–Kier alpha value is 0.210. The highest BCUT2D eigenvalue weighted by Crippen LogP contribution is 2.15. The SMILES string of the molecule is COCC1CCN(CCCl)C1. The van der Waals surface area contributed by atoms with E-state index < -0.39 is 0 Å². The molecule has 1 atom stereocenters. The van der Waals surface area contributed by atoms with E-state index in [0.717, 1.165) is 24.9 Å². The van der Waals surface area contributed by atoms with E-state index in [4.69, 9.17) is 16.3 Å². The second-order valence-electron chi connectivity index (χ2n) is 3.10. The van der Waals surface area contributed by atoms with Crippen molar-refractivity contribution < 1.29 is 4.74 Å². The van der Waals surface area contributed by atoms with Crippen LogP contribution in [0, 0.1) is 5.92 Å². The van der Waals surface area contributed by atoms with Crippen LogP contribution in [0.5, 0.6) is 0 Å². The average molecular weight is 178 g/mol. The van der Waals surface area contributed by atoms with Crippen LogP contribution < -0.4 is 0 Å². The van der Waals surface area contributed by atoms with Gasteiger partial charge in [0.2, 0.25) is 0 Å². The van der Waals surface area contributed by atoms with E-state index in [-0.39, 0.29) is 0 Å². The van der Waals surface area contributed by atoms with Crippen molar-refractivity contribution >= 4 is 11.6 Å². The fourth-order valence-corrected chi connectivity index (χ4v) is 1.85. The molecule has 1 saturated heterocycles. The highest BCUT2D eigenvalue weighted by atomic mass is 35.5. The van der Waals surface area contributed by atoms with Gasteiger partial charge in [-0.1, -0.05) is 0 Å². The molecule has 1 unspecified atom stereocenters. The molecule has 0 amide bonds. The standard InChI is InChI=1S/C8H16ClNO/c1-11-7-8-2-4-10(6-8)5-3-9/h8H,2-7H2,1H3. The highest BCUT2D eigenvalue weighted by Gasteiger charge is 2.21. The number of rotatable bonds is 4. The zero-order valence-corrected chi connectivity index (χ0v) is 7.81. The Morgan fingerprint density at radius 2 is 2.45 bits per heavy atom. The van der Waals surface area contributed by atoms with E-state index in [2.05, 4.69) is 4.90 Å². The summed E-state index contributed by atoms with van der Waals surface area (Å²) in [6.07, 6.45) is 1.27. The molecule has 0 aromatic heterocycles. The zero-order chi connectivity index (χ0) is 8.10. The number of hydrogen-bond donors (Lipinski definition) is 0. The van der Waals surface area contributed by atoms with Gasteiger partial charge < -0.3 is 9.64 Å². The summed E-state index contributed by atoms with van der Waals surface area (Å²) < 4.78 is 5.09. The molecule has 1 rings (SSSR count). The van der Waals surface area contributed by atoms with Gasteiger partial charge in [0.15, 0.2) is 0 Å². The van der Waals surface area contributed by atoms with Crippen molar-refractivity contribution in [3.63, 3.8) is 0 Å². The van der Waals surface area contributed by atoms with Crippen molar-refractivity contribution in [2.45, 2.75) is 6.42 Å². The van der Waals surface area contributed by atoms with Gasteiger partial charge in [-0.2, -0.15) is 0 Å². The second-order valence-corrected chi connectivity index (χ2v) is 3.48. The zero-order valence-electron chi connectivity index (χ0n) is 7.05. The lowest BCUT2D eigenvalue weighted by atomic mass is 10.1. The van der Waals surface area contributed by atoms with Crippen LogP contribution in [0.1, 0.15) is 6.42 Å². The van der Waals surface area contributed by atoms with Gasteiger partial charge in [0, 0.05) is 26.1 Å². The first-order chi connectivity index (χ1) is 5.36. The number of likely N-dealkylation sites (tertiary alicyclic amines) is 1. The third-order valence-corrected chi connectivity index (χ3v) is 2.34. The molecule has 0 N–H and O–H groups in total. The summed E-state index contributed by atoms with van der Waals surface area (Å²) in [4.78, 5) is 2.40. The monoisotopic (exact) mass is 177 g/mol. The molecule has 0 aromatic carbocycles. The van der Waals surface area contributed by atoms with Crippen molar-refractivity contribution in [1.82, 2.24) is 4.90 Å². The average Bonchev–Trinajstić information content (AvgIpc) is 2.38. The molecule has 1 aliphatic heterocycles. The van der Waals surface area contributed by atoms with Crippen LogP contribution >= 0.6 is 11.6 Å². The number of nitrogens with zero attached hydrogens (tertiary/aromatic N) is 1. The molecule has 1 aliphatic rings. The molecule has 2 nitrogen and oxygen atoms in total. The molecule has 0 bridgehead atoms. The van der Waals surface area contributed by atoms with Crippen LogP contribution in [0.2, 0.25) is 0 Å². The molecule has 66 valence electrons. The van der Waals surface area contributed by atoms with E-state index in [1.165, 1.54) is 19.5 Å². The van der Waals surface area contributed by atoms with Gasteiger partial charge >= 0.3 is 0 Å². The highest BCUT2D eigenvalue weighted by molar-refractivity contribution is 6.18. The summed E-state index contributed by atoms with van der Waals surface area (Å²) in [5.41, 5.74) is 0. The lowest BCUT2D eigenvalue weighted by Gasteiger charge is -2.13. The van der Waals surface area contributed by atoms with Gasteiger partial charge in [-0.15, -0.1) is 11.6 Å². The molecule has 0 aliphatic carbocycles. The summed E-state index contributed by atoms with van der Waals surface area (Å²) in [5, 5.41) is 0. The summed E-state index contributed by atoms with van der Waals surface area (Å²) in [6.45, 7) is 4.29. The van der Waals surface area contributed by atoms with Crippen LogP contribution in [-0.4, -0.2) is 44.1 Å².